The van der Waals surface area contributed by atoms with Gasteiger partial charge in [0, 0.05) is 11.5 Å². The van der Waals surface area contributed by atoms with E-state index in [0.29, 0.717) is 0 Å². The van der Waals surface area contributed by atoms with Crippen molar-refractivity contribution in [2.75, 3.05) is 7.11 Å². The Balaban J connectivity index is 2.71. The van der Waals surface area contributed by atoms with Crippen LogP contribution in [0, 0.1) is 17.5 Å². The normalized spacial score (nSPS) is 10.8. The molecule has 0 atom stereocenters. The zero-order chi connectivity index (χ0) is 11.9. The van der Waals surface area contributed by atoms with Gasteiger partial charge in [0.1, 0.15) is 5.69 Å². The lowest BCUT2D eigenvalue weighted by Crippen LogP contribution is -2.00. The molecule has 0 aliphatic carbocycles. The summed E-state index contributed by atoms with van der Waals surface area (Å²) in [6, 6.07) is 1.85. The maximum absolute atomic E-state index is 13.3. The van der Waals surface area contributed by atoms with Crippen molar-refractivity contribution in [3.05, 3.63) is 35.3 Å². The van der Waals surface area contributed by atoms with Gasteiger partial charge < -0.3 is 9.72 Å². The number of benzene rings is 1. The van der Waals surface area contributed by atoms with Crippen molar-refractivity contribution in [3.8, 4) is 0 Å². The second-order valence-corrected chi connectivity index (χ2v) is 3.12. The summed E-state index contributed by atoms with van der Waals surface area (Å²) >= 11 is 0. The molecule has 0 saturated carbocycles. The molecule has 1 heterocycles. The molecule has 0 bridgehead atoms. The Morgan fingerprint density at radius 3 is 2.56 bits per heavy atom. The molecule has 0 radical (unpaired) electrons. The number of carbonyl (C=O) groups is 1. The van der Waals surface area contributed by atoms with Gasteiger partial charge in [0.2, 0.25) is 0 Å². The second kappa shape index (κ2) is 3.55. The van der Waals surface area contributed by atoms with Crippen LogP contribution in [-0.4, -0.2) is 18.1 Å². The van der Waals surface area contributed by atoms with Gasteiger partial charge in [0.25, 0.3) is 0 Å². The molecule has 1 aromatic heterocycles. The fourth-order valence-electron chi connectivity index (χ4n) is 1.40. The number of hydrogen-bond donors (Lipinski definition) is 1. The van der Waals surface area contributed by atoms with Gasteiger partial charge in [0.15, 0.2) is 17.5 Å². The Labute approximate surface area is 87.8 Å². The standard InChI is InChI=1S/C10H6F3NO2/c1-16-10(15)7-2-4-6(14-7)3-5(11)9(13)8(4)12/h2-3,14H,1H3. The first-order valence-corrected chi connectivity index (χ1v) is 4.29. The smallest absolute Gasteiger partial charge is 0.354 e. The SMILES string of the molecule is COC(=O)c1cc2c(F)c(F)c(F)cc2[nH]1. The molecule has 3 nitrogen and oxygen atoms in total. The number of methoxy groups -OCH3 is 1. The van der Waals surface area contributed by atoms with E-state index >= 15 is 0 Å². The lowest BCUT2D eigenvalue weighted by Gasteiger charge is -1.95. The van der Waals surface area contributed by atoms with Crippen LogP contribution in [-0.2, 0) is 4.74 Å². The van der Waals surface area contributed by atoms with E-state index in [2.05, 4.69) is 9.72 Å². The summed E-state index contributed by atoms with van der Waals surface area (Å²) in [6.07, 6.45) is 0. The molecule has 0 unspecified atom stereocenters. The Morgan fingerprint density at radius 2 is 1.94 bits per heavy atom. The van der Waals surface area contributed by atoms with E-state index in [1.54, 1.807) is 0 Å². The highest BCUT2D eigenvalue weighted by molar-refractivity contribution is 5.94. The summed E-state index contributed by atoms with van der Waals surface area (Å²) in [7, 11) is 1.14. The van der Waals surface area contributed by atoms with E-state index in [-0.39, 0.29) is 16.6 Å². The van der Waals surface area contributed by atoms with Gasteiger partial charge in [-0.15, -0.1) is 0 Å². The second-order valence-electron chi connectivity index (χ2n) is 3.12. The van der Waals surface area contributed by atoms with Crippen LogP contribution >= 0.6 is 0 Å². The van der Waals surface area contributed by atoms with Crippen LogP contribution in [0.25, 0.3) is 10.9 Å². The van der Waals surface area contributed by atoms with E-state index in [0.717, 1.165) is 19.2 Å². The lowest BCUT2D eigenvalue weighted by atomic mass is 10.2. The van der Waals surface area contributed by atoms with E-state index in [9.17, 15) is 18.0 Å². The van der Waals surface area contributed by atoms with Crippen LogP contribution in [0.4, 0.5) is 13.2 Å². The predicted octanol–water partition coefficient (Wildman–Crippen LogP) is 2.37. The third-order valence-corrected chi connectivity index (χ3v) is 2.16. The summed E-state index contributed by atoms with van der Waals surface area (Å²) in [4.78, 5) is 13.5. The molecule has 1 aromatic carbocycles. The van der Waals surface area contributed by atoms with Crippen LogP contribution in [0.2, 0.25) is 0 Å². The molecular weight excluding hydrogens is 223 g/mol. The van der Waals surface area contributed by atoms with Gasteiger partial charge in [0.05, 0.1) is 12.6 Å². The molecule has 0 aliphatic heterocycles. The highest BCUT2D eigenvalue weighted by atomic mass is 19.2. The number of nitrogens with one attached hydrogen (secondary N) is 1. The van der Waals surface area contributed by atoms with Crippen molar-refractivity contribution in [2.45, 2.75) is 0 Å². The van der Waals surface area contributed by atoms with Crippen molar-refractivity contribution < 1.29 is 22.7 Å². The summed E-state index contributed by atoms with van der Waals surface area (Å²) in [6.45, 7) is 0. The number of ether oxygens (including phenoxy) is 1. The third-order valence-electron chi connectivity index (χ3n) is 2.16. The van der Waals surface area contributed by atoms with Gasteiger partial charge in [-0.25, -0.2) is 18.0 Å². The predicted molar refractivity (Wildman–Crippen MR) is 49.5 cm³/mol. The average Bonchev–Trinajstić information content (AvgIpc) is 2.69. The Bertz CT molecular complexity index is 577. The van der Waals surface area contributed by atoms with E-state index in [4.69, 9.17) is 0 Å². The maximum Gasteiger partial charge on any atom is 0.354 e. The molecule has 2 aromatic rings. The van der Waals surface area contributed by atoms with E-state index < -0.39 is 23.4 Å². The number of esters is 1. The molecule has 2 rings (SSSR count). The number of carbonyl (C=O) groups excluding carboxylic acids is 1. The molecule has 0 spiro atoms. The average molecular weight is 229 g/mol. The van der Waals surface area contributed by atoms with Crippen molar-refractivity contribution in [1.29, 1.82) is 0 Å². The summed E-state index contributed by atoms with van der Waals surface area (Å²) in [5.41, 5.74) is -0.0711. The zero-order valence-corrected chi connectivity index (χ0v) is 8.11. The van der Waals surface area contributed by atoms with Gasteiger partial charge in [-0.05, 0) is 6.07 Å². The molecule has 84 valence electrons. The highest BCUT2D eigenvalue weighted by Crippen LogP contribution is 2.23. The monoisotopic (exact) mass is 229 g/mol. The van der Waals surface area contributed by atoms with Crippen LogP contribution in [0.5, 0.6) is 0 Å². The van der Waals surface area contributed by atoms with Crippen LogP contribution < -0.4 is 0 Å². The number of aromatic nitrogens is 1. The van der Waals surface area contributed by atoms with Gasteiger partial charge >= 0.3 is 5.97 Å². The number of fused-ring (bicyclic) bond motifs is 1. The zero-order valence-electron chi connectivity index (χ0n) is 8.11. The Kier molecular flexibility index (Phi) is 2.34. The topological polar surface area (TPSA) is 42.1 Å². The van der Waals surface area contributed by atoms with Gasteiger partial charge in [-0.1, -0.05) is 0 Å². The van der Waals surface area contributed by atoms with E-state index in [1.165, 1.54) is 0 Å². The Morgan fingerprint density at radius 1 is 1.25 bits per heavy atom. The summed E-state index contributed by atoms with van der Waals surface area (Å²) in [5, 5.41) is -0.195. The number of hydrogen-bond acceptors (Lipinski definition) is 2. The minimum atomic E-state index is -1.57. The maximum atomic E-state index is 13.3. The molecule has 0 fully saturated rings. The minimum absolute atomic E-state index is 0.00296. The number of rotatable bonds is 1. The lowest BCUT2D eigenvalue weighted by molar-refractivity contribution is 0.0595. The van der Waals surface area contributed by atoms with Crippen LogP contribution in [0.15, 0.2) is 12.1 Å². The first-order valence-electron chi connectivity index (χ1n) is 4.29. The number of aromatic amines is 1. The molecule has 0 amide bonds. The van der Waals surface area contributed by atoms with Crippen LogP contribution in [0.3, 0.4) is 0 Å². The molecule has 6 heteroatoms. The molecular formula is C10H6F3NO2. The highest BCUT2D eigenvalue weighted by Gasteiger charge is 2.17. The number of halogens is 3. The molecule has 0 aliphatic rings. The van der Waals surface area contributed by atoms with Crippen molar-refractivity contribution >= 4 is 16.9 Å². The van der Waals surface area contributed by atoms with Gasteiger partial charge in [-0.2, -0.15) is 0 Å². The fraction of sp³-hybridized carbons (Fsp3) is 0.100. The first kappa shape index (κ1) is 10.5. The fourth-order valence-corrected chi connectivity index (χ4v) is 1.40. The van der Waals surface area contributed by atoms with Crippen molar-refractivity contribution in [2.24, 2.45) is 0 Å². The molecule has 16 heavy (non-hydrogen) atoms. The summed E-state index contributed by atoms with van der Waals surface area (Å²) < 4.78 is 43.4. The first-order chi connectivity index (χ1) is 7.54. The molecule has 1 N–H and O–H groups in total. The third kappa shape index (κ3) is 1.42. The van der Waals surface area contributed by atoms with Gasteiger partial charge in [-0.3, -0.25) is 0 Å². The van der Waals surface area contributed by atoms with E-state index in [1.807, 2.05) is 0 Å². The van der Waals surface area contributed by atoms with Crippen molar-refractivity contribution in [3.63, 3.8) is 0 Å². The van der Waals surface area contributed by atoms with Crippen molar-refractivity contribution in [1.82, 2.24) is 4.98 Å². The van der Waals surface area contributed by atoms with Crippen LogP contribution in [0.1, 0.15) is 10.5 Å². The minimum Gasteiger partial charge on any atom is -0.464 e. The number of H-pyrrole nitrogens is 1. The largest absolute Gasteiger partial charge is 0.464 e. The quantitative estimate of drug-likeness (QED) is 0.602. The summed E-state index contributed by atoms with van der Waals surface area (Å²) in [5.74, 6) is -4.95. The molecule has 0 saturated heterocycles. The Hall–Kier alpha value is -1.98.